The van der Waals surface area contributed by atoms with Crippen LogP contribution in [0.25, 0.3) is 0 Å². The number of hydrogen-bond acceptors (Lipinski definition) is 3. The Kier molecular flexibility index (Phi) is 6.65. The van der Waals surface area contributed by atoms with Crippen LogP contribution in [0.15, 0.2) is 42.0 Å². The molecule has 3 nitrogen and oxygen atoms in total. The summed E-state index contributed by atoms with van der Waals surface area (Å²) in [5.74, 6) is 0.0637. The van der Waals surface area contributed by atoms with Crippen LogP contribution in [0, 0.1) is 5.92 Å². The molecular formula is C15H22O3. The second kappa shape index (κ2) is 8.03. The molecule has 0 heterocycles. The molecule has 2 atom stereocenters. The lowest BCUT2D eigenvalue weighted by atomic mass is 10.1. The topological polar surface area (TPSA) is 49.7 Å². The number of hydrogen-bond donors (Lipinski definition) is 2. The van der Waals surface area contributed by atoms with Gasteiger partial charge < -0.3 is 14.9 Å². The Morgan fingerprint density at radius 3 is 2.61 bits per heavy atom. The highest BCUT2D eigenvalue weighted by atomic mass is 16.5. The van der Waals surface area contributed by atoms with Gasteiger partial charge in [-0.3, -0.25) is 0 Å². The Hall–Kier alpha value is -1.16. The summed E-state index contributed by atoms with van der Waals surface area (Å²) in [6, 6.07) is 9.86. The monoisotopic (exact) mass is 250 g/mol. The molecule has 0 aromatic heterocycles. The fraction of sp³-hybridized carbons (Fsp3) is 0.467. The predicted octanol–water partition coefficient (Wildman–Crippen LogP) is 2.14. The lowest BCUT2D eigenvalue weighted by molar-refractivity contribution is 0.0449. The highest BCUT2D eigenvalue weighted by molar-refractivity contribution is 5.13. The van der Waals surface area contributed by atoms with Crippen molar-refractivity contribution in [3.8, 4) is 0 Å². The summed E-state index contributed by atoms with van der Waals surface area (Å²) in [6.07, 6.45) is 1.26. The van der Waals surface area contributed by atoms with Crippen LogP contribution in [0.3, 0.4) is 0 Å². The predicted molar refractivity (Wildman–Crippen MR) is 72.1 cm³/mol. The number of ether oxygens (including phenoxy) is 1. The summed E-state index contributed by atoms with van der Waals surface area (Å²) in [5, 5.41) is 18.8. The first kappa shape index (κ1) is 14.9. The fourth-order valence-corrected chi connectivity index (χ4v) is 1.61. The van der Waals surface area contributed by atoms with Gasteiger partial charge >= 0.3 is 0 Å². The fourth-order valence-electron chi connectivity index (χ4n) is 1.61. The van der Waals surface area contributed by atoms with Gasteiger partial charge in [-0.25, -0.2) is 0 Å². The zero-order valence-corrected chi connectivity index (χ0v) is 11.0. The van der Waals surface area contributed by atoms with E-state index >= 15 is 0 Å². The van der Waals surface area contributed by atoms with Crippen LogP contribution in [0.2, 0.25) is 0 Å². The van der Waals surface area contributed by atoms with Crippen molar-refractivity contribution in [1.29, 1.82) is 0 Å². The van der Waals surface area contributed by atoms with Crippen LogP contribution in [-0.4, -0.2) is 29.5 Å². The molecule has 18 heavy (non-hydrogen) atoms. The molecule has 0 aliphatic rings. The first-order valence-corrected chi connectivity index (χ1v) is 6.22. The van der Waals surface area contributed by atoms with Gasteiger partial charge in [0, 0.05) is 6.61 Å². The van der Waals surface area contributed by atoms with Gasteiger partial charge in [0.15, 0.2) is 0 Å². The van der Waals surface area contributed by atoms with Crippen molar-refractivity contribution in [2.75, 3.05) is 13.2 Å². The molecule has 1 unspecified atom stereocenters. The third-order valence-electron chi connectivity index (χ3n) is 2.75. The Labute approximate surface area is 109 Å². The molecule has 0 amide bonds. The van der Waals surface area contributed by atoms with E-state index in [1.54, 1.807) is 0 Å². The number of benzene rings is 1. The third kappa shape index (κ3) is 5.45. The second-order valence-corrected chi connectivity index (χ2v) is 4.59. The van der Waals surface area contributed by atoms with Gasteiger partial charge in [-0.15, -0.1) is 0 Å². The quantitative estimate of drug-likeness (QED) is 0.729. The maximum atomic E-state index is 9.87. The van der Waals surface area contributed by atoms with E-state index in [-0.39, 0.29) is 19.1 Å². The average molecular weight is 250 g/mol. The van der Waals surface area contributed by atoms with E-state index in [0.717, 1.165) is 11.1 Å². The molecule has 3 heteroatoms. The van der Waals surface area contributed by atoms with Crippen molar-refractivity contribution >= 4 is 0 Å². The minimum Gasteiger partial charge on any atom is -0.396 e. The molecule has 0 bridgehead atoms. The van der Waals surface area contributed by atoms with Crippen LogP contribution in [0.5, 0.6) is 0 Å². The molecule has 0 aliphatic carbocycles. The molecule has 0 fully saturated rings. The van der Waals surface area contributed by atoms with Gasteiger partial charge in [0.05, 0.1) is 19.3 Å². The van der Waals surface area contributed by atoms with Crippen molar-refractivity contribution in [3.63, 3.8) is 0 Å². The third-order valence-corrected chi connectivity index (χ3v) is 2.75. The maximum absolute atomic E-state index is 9.87. The zero-order chi connectivity index (χ0) is 13.4. The highest BCUT2D eigenvalue weighted by Gasteiger charge is 2.08. The van der Waals surface area contributed by atoms with E-state index in [1.165, 1.54) is 0 Å². The minimum atomic E-state index is -0.609. The van der Waals surface area contributed by atoms with Gasteiger partial charge in [0.1, 0.15) is 0 Å². The lowest BCUT2D eigenvalue weighted by Crippen LogP contribution is -2.17. The van der Waals surface area contributed by atoms with E-state index in [1.807, 2.05) is 50.3 Å². The van der Waals surface area contributed by atoms with E-state index in [2.05, 4.69) is 0 Å². The highest BCUT2D eigenvalue weighted by Crippen LogP contribution is 2.08. The summed E-state index contributed by atoms with van der Waals surface area (Å²) in [7, 11) is 0. The van der Waals surface area contributed by atoms with Crippen LogP contribution < -0.4 is 0 Å². The minimum absolute atomic E-state index is 0.0637. The Bertz CT molecular complexity index is 359. The summed E-state index contributed by atoms with van der Waals surface area (Å²) >= 11 is 0. The normalized spacial score (nSPS) is 15.4. The van der Waals surface area contributed by atoms with E-state index < -0.39 is 6.10 Å². The van der Waals surface area contributed by atoms with Gasteiger partial charge in [0.25, 0.3) is 0 Å². The van der Waals surface area contributed by atoms with Crippen LogP contribution >= 0.6 is 0 Å². The first-order chi connectivity index (χ1) is 8.63. The van der Waals surface area contributed by atoms with Crippen molar-refractivity contribution in [3.05, 3.63) is 47.5 Å². The summed E-state index contributed by atoms with van der Waals surface area (Å²) in [4.78, 5) is 0. The second-order valence-electron chi connectivity index (χ2n) is 4.59. The maximum Gasteiger partial charge on any atom is 0.0981 e. The Morgan fingerprint density at radius 2 is 2.00 bits per heavy atom. The molecule has 2 N–H and O–H groups in total. The lowest BCUT2D eigenvalue weighted by Gasteiger charge is -2.13. The summed E-state index contributed by atoms with van der Waals surface area (Å²) < 4.78 is 5.46. The molecule has 0 saturated heterocycles. The molecule has 0 spiro atoms. The van der Waals surface area contributed by atoms with E-state index in [9.17, 15) is 5.11 Å². The molecule has 1 rings (SSSR count). The van der Waals surface area contributed by atoms with Crippen LogP contribution in [0.1, 0.15) is 19.4 Å². The molecule has 0 radical (unpaired) electrons. The van der Waals surface area contributed by atoms with Gasteiger partial charge in [-0.2, -0.15) is 0 Å². The largest absolute Gasteiger partial charge is 0.396 e. The SMILES string of the molecule is C/C(=C/[C@H](C)CO)C(O)COCc1ccccc1. The smallest absolute Gasteiger partial charge is 0.0981 e. The molecular weight excluding hydrogens is 228 g/mol. The standard InChI is InChI=1S/C15H22O3/c1-12(9-16)8-13(2)15(17)11-18-10-14-6-4-3-5-7-14/h3-8,12,15-17H,9-11H2,1-2H3/b13-8-/t12-,15?/m0/s1. The molecule has 100 valence electrons. The van der Waals surface area contributed by atoms with Crippen molar-refractivity contribution < 1.29 is 14.9 Å². The van der Waals surface area contributed by atoms with Crippen molar-refractivity contribution in [2.24, 2.45) is 5.92 Å². The van der Waals surface area contributed by atoms with Crippen LogP contribution in [-0.2, 0) is 11.3 Å². The molecule has 0 saturated carbocycles. The Balaban J connectivity index is 2.33. The van der Waals surface area contributed by atoms with Gasteiger partial charge in [-0.05, 0) is 24.0 Å². The van der Waals surface area contributed by atoms with Gasteiger partial charge in [0.2, 0.25) is 0 Å². The van der Waals surface area contributed by atoms with Gasteiger partial charge in [-0.1, -0.05) is 43.3 Å². The zero-order valence-electron chi connectivity index (χ0n) is 11.0. The van der Waals surface area contributed by atoms with Crippen molar-refractivity contribution in [1.82, 2.24) is 0 Å². The van der Waals surface area contributed by atoms with Crippen molar-refractivity contribution in [2.45, 2.75) is 26.6 Å². The molecule has 1 aromatic rings. The van der Waals surface area contributed by atoms with E-state index in [0.29, 0.717) is 6.61 Å². The van der Waals surface area contributed by atoms with Crippen LogP contribution in [0.4, 0.5) is 0 Å². The Morgan fingerprint density at radius 1 is 1.33 bits per heavy atom. The molecule has 1 aromatic carbocycles. The van der Waals surface area contributed by atoms with E-state index in [4.69, 9.17) is 9.84 Å². The number of aliphatic hydroxyl groups is 2. The summed E-state index contributed by atoms with van der Waals surface area (Å²) in [6.45, 7) is 4.62. The first-order valence-electron chi connectivity index (χ1n) is 6.22. The average Bonchev–Trinajstić information content (AvgIpc) is 2.39. The number of aliphatic hydroxyl groups excluding tert-OH is 2. The number of rotatable bonds is 7. The molecule has 0 aliphatic heterocycles. The summed E-state index contributed by atoms with van der Waals surface area (Å²) in [5.41, 5.74) is 1.93.